The molecule has 1 saturated heterocycles. The van der Waals surface area contributed by atoms with Crippen molar-refractivity contribution in [3.05, 3.63) is 53.4 Å². The summed E-state index contributed by atoms with van der Waals surface area (Å²) in [7, 11) is -1.09. The van der Waals surface area contributed by atoms with Gasteiger partial charge in [-0.1, -0.05) is 11.2 Å². The number of oxime groups is 1. The summed E-state index contributed by atoms with van der Waals surface area (Å²) in [5.74, 6) is -1.03. The van der Waals surface area contributed by atoms with E-state index in [-0.39, 0.29) is 30.6 Å². The van der Waals surface area contributed by atoms with E-state index < -0.39 is 40.2 Å². The molecule has 3 atom stereocenters. The Morgan fingerprint density at radius 3 is 2.58 bits per heavy atom. The molecule has 0 radical (unpaired) electrons. The molecule has 1 aromatic heterocycles. The molecule has 1 N–H and O–H groups in total. The van der Waals surface area contributed by atoms with Crippen molar-refractivity contribution in [1.82, 2.24) is 18.9 Å². The average Bonchev–Trinajstić information content (AvgIpc) is 3.35. The van der Waals surface area contributed by atoms with Crippen LogP contribution >= 0.6 is 0 Å². The van der Waals surface area contributed by atoms with Crippen LogP contribution in [0.3, 0.4) is 0 Å². The number of hydrogen-bond donors (Lipinski definition) is 1. The van der Waals surface area contributed by atoms with Gasteiger partial charge in [0, 0.05) is 32.4 Å². The number of likely N-dealkylation sites (tertiary alicyclic amines) is 1. The Kier molecular flexibility index (Phi) is 6.34. The van der Waals surface area contributed by atoms with Crippen LogP contribution in [-0.4, -0.2) is 67.8 Å². The van der Waals surface area contributed by atoms with Crippen LogP contribution in [-0.2, 0) is 15.0 Å². The molecule has 8 nitrogen and oxygen atoms in total. The fraction of sp³-hybridized carbons (Fsp3) is 0.429. The summed E-state index contributed by atoms with van der Waals surface area (Å²) in [5.41, 5.74) is 1.08. The van der Waals surface area contributed by atoms with Gasteiger partial charge in [-0.15, -0.1) is 0 Å². The molecule has 12 heteroatoms. The van der Waals surface area contributed by atoms with Gasteiger partial charge in [0.1, 0.15) is 23.6 Å². The van der Waals surface area contributed by atoms with Crippen molar-refractivity contribution in [3.8, 4) is 11.1 Å². The van der Waals surface area contributed by atoms with Crippen LogP contribution in [0.25, 0.3) is 11.1 Å². The lowest BCUT2D eigenvalue weighted by Crippen LogP contribution is -2.46. The third-order valence-corrected chi connectivity index (χ3v) is 7.20. The van der Waals surface area contributed by atoms with Gasteiger partial charge in [-0.3, -0.25) is 4.98 Å². The number of nitrogens with zero attached hydrogens (tertiary/aromatic N) is 4. The molecule has 3 heterocycles. The summed E-state index contributed by atoms with van der Waals surface area (Å²) >= 11 is 0. The van der Waals surface area contributed by atoms with Gasteiger partial charge in [-0.25, -0.2) is 13.2 Å². The maximum atomic E-state index is 14.5. The first-order valence-electron chi connectivity index (χ1n) is 10.3. The van der Waals surface area contributed by atoms with Gasteiger partial charge < -0.3 is 9.74 Å². The molecule has 1 unspecified atom stereocenters. The topological polar surface area (TPSA) is 87.1 Å². The molecule has 0 saturated carbocycles. The van der Waals surface area contributed by atoms with Gasteiger partial charge in [0.15, 0.2) is 6.10 Å². The van der Waals surface area contributed by atoms with E-state index in [1.54, 1.807) is 24.1 Å². The van der Waals surface area contributed by atoms with E-state index in [1.165, 1.54) is 32.3 Å². The van der Waals surface area contributed by atoms with Gasteiger partial charge in [0.2, 0.25) is 0 Å². The second-order valence-corrected chi connectivity index (χ2v) is 10.2. The predicted octanol–water partition coefficient (Wildman–Crippen LogP) is 2.53. The van der Waals surface area contributed by atoms with Crippen molar-refractivity contribution < 1.29 is 26.4 Å². The number of halogens is 3. The lowest BCUT2D eigenvalue weighted by Gasteiger charge is -2.19. The average molecular weight is 484 g/mol. The minimum Gasteiger partial charge on any atom is -0.384 e. The number of rotatable bonds is 5. The first-order valence-corrected chi connectivity index (χ1v) is 11.7. The number of aromatic nitrogens is 1. The largest absolute Gasteiger partial charge is 0.384 e. The van der Waals surface area contributed by atoms with E-state index in [4.69, 9.17) is 4.84 Å². The van der Waals surface area contributed by atoms with Crippen molar-refractivity contribution >= 4 is 16.0 Å². The highest BCUT2D eigenvalue weighted by molar-refractivity contribution is 7.87. The molecule has 0 bridgehead atoms. The molecule has 0 spiro atoms. The van der Waals surface area contributed by atoms with Crippen LogP contribution in [0.4, 0.5) is 13.2 Å². The van der Waals surface area contributed by atoms with Crippen LogP contribution in [0.2, 0.25) is 0 Å². The Bertz CT molecular complexity index is 1170. The summed E-state index contributed by atoms with van der Waals surface area (Å²) in [6.45, 7) is 1.77. The molecule has 1 aromatic carbocycles. The Morgan fingerprint density at radius 2 is 1.91 bits per heavy atom. The fourth-order valence-electron chi connectivity index (χ4n) is 3.87. The van der Waals surface area contributed by atoms with Crippen LogP contribution in [0.5, 0.6) is 0 Å². The number of benzene rings is 1. The molecule has 1 fully saturated rings. The van der Waals surface area contributed by atoms with E-state index in [0.717, 1.165) is 4.31 Å². The standard InChI is InChI=1S/C21H24F3N5O3S/c1-12-7-13(20-14(22)5-4-6-15(20)23)21(25-9-12)18-8-19(26-32-18)29-10-16(24)17(11-29)27-33(30,31)28(2)3/h4-7,9,16-18,27H,8,10-11H2,1-3H3/t16-,17?,18+/m1/s1. The molecule has 2 aromatic rings. The maximum absolute atomic E-state index is 14.5. The quantitative estimate of drug-likeness (QED) is 0.706. The zero-order valence-electron chi connectivity index (χ0n) is 18.3. The Balaban J connectivity index is 1.53. The normalized spacial score (nSPS) is 23.2. The second-order valence-electron chi connectivity index (χ2n) is 8.28. The Hall–Kier alpha value is -2.70. The van der Waals surface area contributed by atoms with E-state index in [0.29, 0.717) is 17.1 Å². The maximum Gasteiger partial charge on any atom is 0.279 e. The van der Waals surface area contributed by atoms with Gasteiger partial charge in [0.05, 0.1) is 30.3 Å². The fourth-order valence-corrected chi connectivity index (χ4v) is 4.69. The molecule has 2 aliphatic rings. The molecule has 2 aliphatic heterocycles. The minimum absolute atomic E-state index is 0.0638. The van der Waals surface area contributed by atoms with Crippen LogP contribution in [0, 0.1) is 18.6 Å². The van der Waals surface area contributed by atoms with Crippen LogP contribution < -0.4 is 4.72 Å². The summed E-state index contributed by atoms with van der Waals surface area (Å²) in [6, 6.07) is 4.31. The Morgan fingerprint density at radius 1 is 1.21 bits per heavy atom. The smallest absolute Gasteiger partial charge is 0.279 e. The van der Waals surface area contributed by atoms with Crippen molar-refractivity contribution in [2.75, 3.05) is 27.2 Å². The number of aryl methyl sites for hydroxylation is 1. The number of alkyl halides is 1. The molecule has 4 rings (SSSR count). The molecular weight excluding hydrogens is 459 g/mol. The first-order chi connectivity index (χ1) is 15.6. The highest BCUT2D eigenvalue weighted by Gasteiger charge is 2.40. The summed E-state index contributed by atoms with van der Waals surface area (Å²) in [6.07, 6.45) is -0.413. The van der Waals surface area contributed by atoms with Crippen LogP contribution in [0.15, 0.2) is 35.6 Å². The van der Waals surface area contributed by atoms with E-state index in [9.17, 15) is 21.6 Å². The van der Waals surface area contributed by atoms with Gasteiger partial charge in [-0.05, 0) is 30.7 Å². The number of nitrogens with one attached hydrogen (secondary N) is 1. The Labute approximate surface area is 190 Å². The second kappa shape index (κ2) is 8.92. The van der Waals surface area contributed by atoms with E-state index in [2.05, 4.69) is 14.9 Å². The van der Waals surface area contributed by atoms with Gasteiger partial charge >= 0.3 is 0 Å². The minimum atomic E-state index is -3.80. The number of hydrogen-bond acceptors (Lipinski definition) is 6. The van der Waals surface area contributed by atoms with Crippen molar-refractivity contribution in [2.45, 2.75) is 31.7 Å². The van der Waals surface area contributed by atoms with Crippen LogP contribution in [0.1, 0.15) is 23.8 Å². The molecular formula is C21H24F3N5O3S. The molecule has 33 heavy (non-hydrogen) atoms. The molecule has 0 aliphatic carbocycles. The lowest BCUT2D eigenvalue weighted by molar-refractivity contribution is 0.0828. The summed E-state index contributed by atoms with van der Waals surface area (Å²) in [4.78, 5) is 11.5. The third-order valence-electron chi connectivity index (χ3n) is 5.64. The molecule has 0 amide bonds. The molecule has 178 valence electrons. The monoisotopic (exact) mass is 483 g/mol. The zero-order chi connectivity index (χ0) is 23.9. The van der Waals surface area contributed by atoms with E-state index in [1.807, 2.05) is 0 Å². The van der Waals surface area contributed by atoms with Crippen molar-refractivity contribution in [1.29, 1.82) is 0 Å². The predicted molar refractivity (Wildman–Crippen MR) is 116 cm³/mol. The van der Waals surface area contributed by atoms with Gasteiger partial charge in [0.25, 0.3) is 10.2 Å². The zero-order valence-corrected chi connectivity index (χ0v) is 19.1. The lowest BCUT2D eigenvalue weighted by atomic mass is 9.97. The number of pyridine rings is 1. The van der Waals surface area contributed by atoms with Gasteiger partial charge in [-0.2, -0.15) is 17.4 Å². The summed E-state index contributed by atoms with van der Waals surface area (Å²) in [5, 5.41) is 4.04. The van der Waals surface area contributed by atoms with E-state index >= 15 is 0 Å². The summed E-state index contributed by atoms with van der Waals surface area (Å²) < 4.78 is 70.9. The van der Waals surface area contributed by atoms with Crippen molar-refractivity contribution in [2.24, 2.45) is 5.16 Å². The highest BCUT2D eigenvalue weighted by Crippen LogP contribution is 2.37. The SMILES string of the molecule is Cc1cnc([C@@H]2CC(N3CC(NS(=O)(=O)N(C)C)[C@H](F)C3)=NO2)c(-c2c(F)cccc2F)c1. The van der Waals surface area contributed by atoms with Crippen molar-refractivity contribution in [3.63, 3.8) is 0 Å². The number of amidine groups is 1. The highest BCUT2D eigenvalue weighted by atomic mass is 32.2. The third kappa shape index (κ3) is 4.68. The first kappa shape index (κ1) is 23.5.